The van der Waals surface area contributed by atoms with Crippen LogP contribution in [0.1, 0.15) is 21.5 Å². The lowest BCUT2D eigenvalue weighted by molar-refractivity contribution is 0.0697. The summed E-state index contributed by atoms with van der Waals surface area (Å²) in [5.41, 5.74) is 3.18. The minimum atomic E-state index is -1.18. The van der Waals surface area contributed by atoms with E-state index in [1.165, 1.54) is 12.1 Å². The van der Waals surface area contributed by atoms with Crippen LogP contribution in [0.15, 0.2) is 60.7 Å². The van der Waals surface area contributed by atoms with Gasteiger partial charge in [-0.3, -0.25) is 0 Å². The Hall–Kier alpha value is -2.56. The van der Waals surface area contributed by atoms with Crippen LogP contribution in [-0.2, 0) is 12.8 Å². The summed E-state index contributed by atoms with van der Waals surface area (Å²) >= 11 is 12.0. The van der Waals surface area contributed by atoms with Crippen LogP contribution in [0.2, 0.25) is 10.0 Å². The van der Waals surface area contributed by atoms with Crippen molar-refractivity contribution in [2.75, 3.05) is 5.32 Å². The van der Waals surface area contributed by atoms with Crippen LogP contribution in [0.3, 0.4) is 0 Å². The molecule has 3 rings (SSSR count). The molecule has 0 radical (unpaired) electrons. The van der Waals surface area contributed by atoms with Crippen LogP contribution in [0.5, 0.6) is 0 Å². The predicted octanol–water partition coefficient (Wildman–Crippen LogP) is 6.36. The largest absolute Gasteiger partial charge is 0.478 e. The molecule has 0 heterocycles. The van der Waals surface area contributed by atoms with Gasteiger partial charge >= 0.3 is 5.97 Å². The molecule has 0 atom stereocenters. The van der Waals surface area contributed by atoms with Crippen LogP contribution in [0.25, 0.3) is 0 Å². The number of aromatic carboxylic acids is 1. The second-order valence-corrected chi connectivity index (χ2v) is 6.88. The highest BCUT2D eigenvalue weighted by molar-refractivity contribution is 6.42. The molecule has 0 bridgehead atoms. The molecule has 3 aromatic carbocycles. The molecule has 138 valence electrons. The number of carboxylic acid groups (broad SMARTS) is 1. The first-order chi connectivity index (χ1) is 12.9. The van der Waals surface area contributed by atoms with Crippen molar-refractivity contribution in [3.63, 3.8) is 0 Å². The summed E-state index contributed by atoms with van der Waals surface area (Å²) in [7, 11) is 0. The van der Waals surface area contributed by atoms with Crippen molar-refractivity contribution in [1.82, 2.24) is 0 Å². The number of hydrogen-bond acceptors (Lipinski definition) is 2. The number of halogens is 3. The van der Waals surface area contributed by atoms with Gasteiger partial charge in [-0.1, -0.05) is 41.4 Å². The minimum Gasteiger partial charge on any atom is -0.478 e. The highest BCUT2D eigenvalue weighted by Gasteiger charge is 2.11. The molecule has 0 spiro atoms. The summed E-state index contributed by atoms with van der Waals surface area (Å²) in [6.07, 6.45) is 1.65. The Morgan fingerprint density at radius 3 is 2.22 bits per heavy atom. The normalized spacial score (nSPS) is 10.6. The first-order valence-corrected chi connectivity index (χ1v) is 9.01. The summed E-state index contributed by atoms with van der Waals surface area (Å²) in [4.78, 5) is 11.3. The molecule has 3 aromatic rings. The van der Waals surface area contributed by atoms with Crippen LogP contribution in [-0.4, -0.2) is 11.1 Å². The average molecular weight is 404 g/mol. The van der Waals surface area contributed by atoms with Gasteiger partial charge in [0.25, 0.3) is 0 Å². The number of anilines is 2. The van der Waals surface area contributed by atoms with Gasteiger partial charge < -0.3 is 10.4 Å². The van der Waals surface area contributed by atoms with E-state index in [0.29, 0.717) is 15.7 Å². The second kappa shape index (κ2) is 8.42. The zero-order chi connectivity index (χ0) is 19.4. The fourth-order valence-electron chi connectivity index (χ4n) is 2.70. The average Bonchev–Trinajstić information content (AvgIpc) is 2.65. The highest BCUT2D eigenvalue weighted by atomic mass is 35.5. The topological polar surface area (TPSA) is 49.3 Å². The molecule has 3 nitrogen and oxygen atoms in total. The Kier molecular flexibility index (Phi) is 5.99. The van der Waals surface area contributed by atoms with E-state index in [2.05, 4.69) is 5.32 Å². The maximum atomic E-state index is 13.3. The van der Waals surface area contributed by atoms with Gasteiger partial charge in [-0.15, -0.1) is 0 Å². The van der Waals surface area contributed by atoms with Gasteiger partial charge in [0.2, 0.25) is 0 Å². The zero-order valence-corrected chi connectivity index (χ0v) is 15.7. The Morgan fingerprint density at radius 1 is 0.889 bits per heavy atom. The molecule has 0 fully saturated rings. The number of nitrogens with one attached hydrogen (secondary N) is 1. The van der Waals surface area contributed by atoms with Crippen molar-refractivity contribution >= 4 is 40.5 Å². The molecule has 0 aliphatic rings. The van der Waals surface area contributed by atoms with Gasteiger partial charge in [-0.05, 0) is 66.4 Å². The van der Waals surface area contributed by atoms with Gasteiger partial charge in [0.05, 0.1) is 21.3 Å². The second-order valence-electron chi connectivity index (χ2n) is 6.07. The molecule has 27 heavy (non-hydrogen) atoms. The van der Waals surface area contributed by atoms with Crippen LogP contribution in [0.4, 0.5) is 15.8 Å². The maximum absolute atomic E-state index is 13.3. The lowest BCUT2D eigenvalue weighted by Crippen LogP contribution is -2.03. The Bertz CT molecular complexity index is 974. The van der Waals surface area contributed by atoms with Crippen molar-refractivity contribution in [3.8, 4) is 0 Å². The van der Waals surface area contributed by atoms with E-state index in [1.54, 1.807) is 6.07 Å². The molecule has 0 saturated heterocycles. The quantitative estimate of drug-likeness (QED) is 0.503. The molecular weight excluding hydrogens is 388 g/mol. The van der Waals surface area contributed by atoms with E-state index in [1.807, 2.05) is 36.4 Å². The molecule has 0 aliphatic carbocycles. The van der Waals surface area contributed by atoms with E-state index >= 15 is 0 Å². The molecular formula is C21H16Cl2FNO2. The summed E-state index contributed by atoms with van der Waals surface area (Å²) < 4.78 is 13.3. The summed E-state index contributed by atoms with van der Waals surface area (Å²) in [6, 6.07) is 16.9. The van der Waals surface area contributed by atoms with Crippen molar-refractivity contribution in [3.05, 3.63) is 93.2 Å². The Labute approximate surface area is 166 Å². The highest BCUT2D eigenvalue weighted by Crippen LogP contribution is 2.25. The number of carbonyl (C=O) groups is 1. The van der Waals surface area contributed by atoms with Crippen molar-refractivity contribution in [2.45, 2.75) is 12.8 Å². The number of benzene rings is 3. The SMILES string of the molecule is O=C(O)c1cc(F)ccc1Nc1ccc(CCc2ccc(Cl)c(Cl)c2)cc1. The first kappa shape index (κ1) is 19.2. The van der Waals surface area contributed by atoms with E-state index in [4.69, 9.17) is 23.2 Å². The fraction of sp³-hybridized carbons (Fsp3) is 0.0952. The lowest BCUT2D eigenvalue weighted by atomic mass is 10.0. The first-order valence-electron chi connectivity index (χ1n) is 8.25. The predicted molar refractivity (Wildman–Crippen MR) is 107 cm³/mol. The standard InChI is InChI=1S/C21H16Cl2FNO2/c22-18-9-5-14(11-19(18)23)2-1-13-3-7-16(8-4-13)25-20-10-6-15(24)12-17(20)21(26)27/h3-12,25H,1-2H2,(H,26,27). The number of carboxylic acids is 1. The van der Waals surface area contributed by atoms with Gasteiger partial charge in [0.15, 0.2) is 0 Å². The van der Waals surface area contributed by atoms with Gasteiger partial charge in [0, 0.05) is 5.69 Å². The third kappa shape index (κ3) is 5.00. The minimum absolute atomic E-state index is 0.112. The van der Waals surface area contributed by atoms with Gasteiger partial charge in [-0.25, -0.2) is 9.18 Å². The Morgan fingerprint density at radius 2 is 1.56 bits per heavy atom. The Balaban J connectivity index is 1.67. The lowest BCUT2D eigenvalue weighted by Gasteiger charge is -2.11. The zero-order valence-electron chi connectivity index (χ0n) is 14.2. The summed E-state index contributed by atoms with van der Waals surface area (Å²) in [5.74, 6) is -1.77. The molecule has 0 saturated carbocycles. The summed E-state index contributed by atoms with van der Waals surface area (Å²) in [5, 5.41) is 13.3. The fourth-order valence-corrected chi connectivity index (χ4v) is 3.02. The van der Waals surface area contributed by atoms with Crippen LogP contribution >= 0.6 is 23.2 Å². The van der Waals surface area contributed by atoms with Gasteiger partial charge in [0.1, 0.15) is 5.82 Å². The molecule has 0 unspecified atom stereocenters. The van der Waals surface area contributed by atoms with Crippen LogP contribution in [0, 0.1) is 5.82 Å². The number of hydrogen-bond donors (Lipinski definition) is 2. The van der Waals surface area contributed by atoms with Gasteiger partial charge in [-0.2, -0.15) is 0 Å². The smallest absolute Gasteiger partial charge is 0.337 e. The van der Waals surface area contributed by atoms with Crippen molar-refractivity contribution in [2.24, 2.45) is 0 Å². The van der Waals surface area contributed by atoms with E-state index in [0.717, 1.165) is 35.7 Å². The van der Waals surface area contributed by atoms with E-state index in [9.17, 15) is 14.3 Å². The van der Waals surface area contributed by atoms with E-state index < -0.39 is 11.8 Å². The number of rotatable bonds is 6. The van der Waals surface area contributed by atoms with Crippen molar-refractivity contribution in [1.29, 1.82) is 0 Å². The monoisotopic (exact) mass is 403 g/mol. The van der Waals surface area contributed by atoms with Crippen LogP contribution < -0.4 is 5.32 Å². The molecule has 0 aliphatic heterocycles. The van der Waals surface area contributed by atoms with Crippen molar-refractivity contribution < 1.29 is 14.3 Å². The number of aryl methyl sites for hydroxylation is 2. The van der Waals surface area contributed by atoms with E-state index in [-0.39, 0.29) is 5.56 Å². The molecule has 0 amide bonds. The maximum Gasteiger partial charge on any atom is 0.337 e. The summed E-state index contributed by atoms with van der Waals surface area (Å²) in [6.45, 7) is 0. The third-order valence-corrected chi connectivity index (χ3v) is 4.87. The molecule has 6 heteroatoms. The molecule has 0 aromatic heterocycles. The third-order valence-electron chi connectivity index (χ3n) is 4.13. The molecule has 2 N–H and O–H groups in total.